The number of fused-ring (bicyclic) bond motifs is 1. The van der Waals surface area contributed by atoms with Gasteiger partial charge in [0.1, 0.15) is 5.69 Å². The molecule has 0 atom stereocenters. The lowest BCUT2D eigenvalue weighted by Gasteiger charge is -2.05. The number of rotatable bonds is 1. The zero-order valence-corrected chi connectivity index (χ0v) is 10.6. The van der Waals surface area contributed by atoms with Crippen molar-refractivity contribution in [2.45, 2.75) is 33.1 Å². The molecule has 18 heavy (non-hydrogen) atoms. The highest BCUT2D eigenvalue weighted by atomic mass is 16.1. The smallest absolute Gasteiger partial charge is 0.254 e. The van der Waals surface area contributed by atoms with Crippen molar-refractivity contribution in [2.75, 3.05) is 0 Å². The van der Waals surface area contributed by atoms with Gasteiger partial charge in [0, 0.05) is 11.3 Å². The molecule has 0 amide bonds. The lowest BCUT2D eigenvalue weighted by molar-refractivity contribution is 0.898. The van der Waals surface area contributed by atoms with Crippen LogP contribution >= 0.6 is 0 Å². The maximum Gasteiger partial charge on any atom is 0.254 e. The van der Waals surface area contributed by atoms with Crippen LogP contribution in [0.25, 0.3) is 11.5 Å². The molecule has 1 N–H and O–H groups in total. The summed E-state index contributed by atoms with van der Waals surface area (Å²) in [5, 5.41) is 0. The number of nitrogens with zero attached hydrogens (tertiary/aromatic N) is 2. The first-order chi connectivity index (χ1) is 8.63. The van der Waals surface area contributed by atoms with E-state index in [4.69, 9.17) is 0 Å². The van der Waals surface area contributed by atoms with Gasteiger partial charge < -0.3 is 4.98 Å². The zero-order valence-electron chi connectivity index (χ0n) is 10.6. The Bertz CT molecular complexity index is 653. The summed E-state index contributed by atoms with van der Waals surface area (Å²) in [5.41, 5.74) is 4.60. The van der Waals surface area contributed by atoms with Crippen LogP contribution in [0.5, 0.6) is 0 Å². The zero-order chi connectivity index (χ0) is 12.7. The molecule has 3 rings (SSSR count). The summed E-state index contributed by atoms with van der Waals surface area (Å²) in [5.74, 6) is 0.590. The lowest BCUT2D eigenvalue weighted by atomic mass is 10.2. The van der Waals surface area contributed by atoms with Gasteiger partial charge in [0.15, 0.2) is 5.82 Å². The number of hydrogen-bond donors (Lipinski definition) is 1. The van der Waals surface area contributed by atoms with E-state index in [1.165, 1.54) is 0 Å². The second-order valence-electron chi connectivity index (χ2n) is 4.86. The average Bonchev–Trinajstić information content (AvgIpc) is 2.76. The van der Waals surface area contributed by atoms with Crippen molar-refractivity contribution < 1.29 is 0 Å². The SMILES string of the molecule is Cc1cc(C)nc(-c2nc3c(c(=O)[nH]2)CCC3)c1. The molecular weight excluding hydrogens is 226 g/mol. The highest BCUT2D eigenvalue weighted by Crippen LogP contribution is 2.20. The van der Waals surface area contributed by atoms with Gasteiger partial charge in [-0.3, -0.25) is 4.79 Å². The number of pyridine rings is 1. The van der Waals surface area contributed by atoms with E-state index >= 15 is 0 Å². The third-order valence-electron chi connectivity index (χ3n) is 3.28. The predicted molar refractivity (Wildman–Crippen MR) is 69.6 cm³/mol. The van der Waals surface area contributed by atoms with Crippen LogP contribution in [0.2, 0.25) is 0 Å². The van der Waals surface area contributed by atoms with Crippen LogP contribution in [0.1, 0.15) is 28.9 Å². The van der Waals surface area contributed by atoms with E-state index in [0.717, 1.165) is 47.5 Å². The minimum absolute atomic E-state index is 0.00606. The Hall–Kier alpha value is -1.97. The number of aryl methyl sites for hydroxylation is 3. The van der Waals surface area contributed by atoms with Crippen LogP contribution in [0.15, 0.2) is 16.9 Å². The van der Waals surface area contributed by atoms with Gasteiger partial charge in [0.2, 0.25) is 0 Å². The summed E-state index contributed by atoms with van der Waals surface area (Å²) >= 11 is 0. The number of aromatic amines is 1. The van der Waals surface area contributed by atoms with Crippen molar-refractivity contribution in [3.8, 4) is 11.5 Å². The third-order valence-corrected chi connectivity index (χ3v) is 3.28. The van der Waals surface area contributed by atoms with E-state index in [9.17, 15) is 4.79 Å². The standard InChI is InChI=1S/C14H15N3O/c1-8-6-9(2)15-12(7-8)13-16-11-5-3-4-10(11)14(18)17-13/h6-7H,3-5H2,1-2H3,(H,16,17,18). The van der Waals surface area contributed by atoms with Crippen molar-refractivity contribution in [3.63, 3.8) is 0 Å². The van der Waals surface area contributed by atoms with Crippen LogP contribution in [-0.2, 0) is 12.8 Å². The van der Waals surface area contributed by atoms with Crippen molar-refractivity contribution in [1.29, 1.82) is 0 Å². The van der Waals surface area contributed by atoms with Crippen molar-refractivity contribution in [2.24, 2.45) is 0 Å². The van der Waals surface area contributed by atoms with Crippen LogP contribution in [-0.4, -0.2) is 15.0 Å². The number of aromatic nitrogens is 3. The molecule has 1 aliphatic carbocycles. The topological polar surface area (TPSA) is 58.6 Å². The normalized spacial score (nSPS) is 13.7. The van der Waals surface area contributed by atoms with Crippen LogP contribution in [0.4, 0.5) is 0 Å². The minimum Gasteiger partial charge on any atom is -0.305 e. The van der Waals surface area contributed by atoms with Gasteiger partial charge in [-0.25, -0.2) is 9.97 Å². The minimum atomic E-state index is -0.00606. The number of nitrogens with one attached hydrogen (secondary N) is 1. The summed E-state index contributed by atoms with van der Waals surface area (Å²) in [7, 11) is 0. The fourth-order valence-corrected chi connectivity index (χ4v) is 2.53. The molecule has 0 unspecified atom stereocenters. The second-order valence-corrected chi connectivity index (χ2v) is 4.86. The second kappa shape index (κ2) is 4.05. The van der Waals surface area contributed by atoms with Gasteiger partial charge in [0.05, 0.1) is 5.69 Å². The lowest BCUT2D eigenvalue weighted by Crippen LogP contribution is -2.15. The monoisotopic (exact) mass is 241 g/mol. The molecule has 2 aromatic rings. The van der Waals surface area contributed by atoms with Gasteiger partial charge in [0.25, 0.3) is 5.56 Å². The molecule has 0 radical (unpaired) electrons. The van der Waals surface area contributed by atoms with Gasteiger partial charge in [-0.2, -0.15) is 0 Å². The number of H-pyrrole nitrogens is 1. The first-order valence-corrected chi connectivity index (χ1v) is 6.21. The molecule has 2 heterocycles. The van der Waals surface area contributed by atoms with Crippen LogP contribution in [0, 0.1) is 13.8 Å². The molecule has 4 nitrogen and oxygen atoms in total. The largest absolute Gasteiger partial charge is 0.305 e. The first kappa shape index (κ1) is 11.1. The molecule has 1 aliphatic rings. The molecule has 2 aromatic heterocycles. The Kier molecular flexibility index (Phi) is 2.51. The summed E-state index contributed by atoms with van der Waals surface area (Å²) in [6.45, 7) is 3.96. The molecule has 0 bridgehead atoms. The molecular formula is C14H15N3O. The third kappa shape index (κ3) is 1.83. The Labute approximate surface area is 105 Å². The molecule has 92 valence electrons. The molecule has 4 heteroatoms. The summed E-state index contributed by atoms with van der Waals surface area (Å²) < 4.78 is 0. The Morgan fingerprint density at radius 1 is 1.17 bits per heavy atom. The molecule has 0 saturated heterocycles. The van der Waals surface area contributed by atoms with Crippen LogP contribution in [0.3, 0.4) is 0 Å². The molecule has 0 saturated carbocycles. The summed E-state index contributed by atoms with van der Waals surface area (Å²) in [4.78, 5) is 23.8. The van der Waals surface area contributed by atoms with E-state index in [0.29, 0.717) is 5.82 Å². The highest BCUT2D eigenvalue weighted by Gasteiger charge is 2.18. The van der Waals surface area contributed by atoms with E-state index in [-0.39, 0.29) is 5.56 Å². The fraction of sp³-hybridized carbons (Fsp3) is 0.357. The van der Waals surface area contributed by atoms with Gasteiger partial charge in [-0.15, -0.1) is 0 Å². The first-order valence-electron chi connectivity index (χ1n) is 6.21. The van der Waals surface area contributed by atoms with Gasteiger partial charge in [-0.05, 0) is 50.8 Å². The predicted octanol–water partition coefficient (Wildman–Crippen LogP) is 1.94. The molecule has 0 fully saturated rings. The van der Waals surface area contributed by atoms with E-state index in [1.54, 1.807) is 0 Å². The summed E-state index contributed by atoms with van der Waals surface area (Å²) in [6.07, 6.45) is 2.77. The number of hydrogen-bond acceptors (Lipinski definition) is 3. The maximum absolute atomic E-state index is 12.0. The van der Waals surface area contributed by atoms with E-state index in [2.05, 4.69) is 15.0 Å². The van der Waals surface area contributed by atoms with Gasteiger partial charge >= 0.3 is 0 Å². The molecule has 0 aromatic carbocycles. The Morgan fingerprint density at radius 2 is 2.00 bits per heavy atom. The summed E-state index contributed by atoms with van der Waals surface area (Å²) in [6, 6.07) is 3.96. The van der Waals surface area contributed by atoms with E-state index in [1.807, 2.05) is 26.0 Å². The Balaban J connectivity index is 2.18. The van der Waals surface area contributed by atoms with E-state index < -0.39 is 0 Å². The van der Waals surface area contributed by atoms with Crippen molar-refractivity contribution >= 4 is 0 Å². The van der Waals surface area contributed by atoms with Crippen LogP contribution < -0.4 is 5.56 Å². The highest BCUT2D eigenvalue weighted by molar-refractivity contribution is 5.51. The quantitative estimate of drug-likeness (QED) is 0.830. The Morgan fingerprint density at radius 3 is 2.78 bits per heavy atom. The van der Waals surface area contributed by atoms with Crippen molar-refractivity contribution in [3.05, 3.63) is 45.0 Å². The van der Waals surface area contributed by atoms with Gasteiger partial charge in [-0.1, -0.05) is 0 Å². The molecule has 0 spiro atoms. The average molecular weight is 241 g/mol. The molecule has 0 aliphatic heterocycles. The fourth-order valence-electron chi connectivity index (χ4n) is 2.53. The van der Waals surface area contributed by atoms with Crippen molar-refractivity contribution in [1.82, 2.24) is 15.0 Å². The maximum atomic E-state index is 12.0.